The summed E-state index contributed by atoms with van der Waals surface area (Å²) in [6.07, 6.45) is 2.13. The van der Waals surface area contributed by atoms with Crippen LogP contribution in [0.3, 0.4) is 0 Å². The van der Waals surface area contributed by atoms with E-state index < -0.39 is 0 Å². The molecule has 0 aliphatic carbocycles. The molecule has 34 heavy (non-hydrogen) atoms. The summed E-state index contributed by atoms with van der Waals surface area (Å²) in [6.45, 7) is 14.5. The van der Waals surface area contributed by atoms with Crippen LogP contribution in [-0.2, 0) is 18.4 Å². The van der Waals surface area contributed by atoms with Gasteiger partial charge in [-0.25, -0.2) is 0 Å². The van der Waals surface area contributed by atoms with Crippen LogP contribution >= 0.6 is 0 Å². The second kappa shape index (κ2) is 10.3. The van der Waals surface area contributed by atoms with Crippen molar-refractivity contribution in [3.63, 3.8) is 0 Å². The van der Waals surface area contributed by atoms with E-state index in [0.717, 1.165) is 45.6 Å². The molecule has 2 aromatic rings. The number of nitrogens with zero attached hydrogens (tertiary/aromatic N) is 2. The van der Waals surface area contributed by atoms with Gasteiger partial charge in [-0.1, -0.05) is 45.9 Å². The van der Waals surface area contributed by atoms with E-state index in [1.807, 2.05) is 24.3 Å². The molecule has 1 saturated heterocycles. The molecule has 5 heteroatoms. The van der Waals surface area contributed by atoms with Crippen molar-refractivity contribution in [1.29, 1.82) is 0 Å². The minimum absolute atomic E-state index is 0.0998. The molecule has 1 fully saturated rings. The number of likely N-dealkylation sites (N-methyl/N-ethyl adjacent to an activating group) is 1. The van der Waals surface area contributed by atoms with Crippen molar-refractivity contribution in [2.24, 2.45) is 11.8 Å². The van der Waals surface area contributed by atoms with Gasteiger partial charge in [0.25, 0.3) is 0 Å². The minimum Gasteiger partial charge on any atom is -0.508 e. The second-order valence-corrected chi connectivity index (χ2v) is 11.4. The molecule has 2 aromatic carbocycles. The standard InChI is InChI=1S/C29H43N3O2/c1-20(2)28(30-16-25-13-22-9-10-27(34)14-23(22)18-31(25)5)19-32-12-11-29(4,21(3)17-32)24-7-6-8-26(33)15-24/h6-10,14-15,20-21,25,28,30,33-34H,11-13,16-19H2,1-5H3. The first-order valence-electron chi connectivity index (χ1n) is 12.9. The van der Waals surface area contributed by atoms with E-state index in [-0.39, 0.29) is 5.41 Å². The zero-order chi connectivity index (χ0) is 24.5. The molecular weight excluding hydrogens is 422 g/mol. The van der Waals surface area contributed by atoms with E-state index in [1.54, 1.807) is 6.07 Å². The van der Waals surface area contributed by atoms with Gasteiger partial charge in [-0.2, -0.15) is 0 Å². The molecule has 4 atom stereocenters. The third-order valence-electron chi connectivity index (χ3n) is 8.64. The number of nitrogens with one attached hydrogen (secondary N) is 1. The van der Waals surface area contributed by atoms with Crippen LogP contribution < -0.4 is 5.32 Å². The zero-order valence-corrected chi connectivity index (χ0v) is 21.6. The van der Waals surface area contributed by atoms with Gasteiger partial charge >= 0.3 is 0 Å². The van der Waals surface area contributed by atoms with Gasteiger partial charge in [0.2, 0.25) is 0 Å². The lowest BCUT2D eigenvalue weighted by atomic mass is 9.68. The Morgan fingerprint density at radius 2 is 1.85 bits per heavy atom. The fraction of sp³-hybridized carbons (Fsp3) is 0.586. The topological polar surface area (TPSA) is 59.0 Å². The van der Waals surface area contributed by atoms with Crippen molar-refractivity contribution < 1.29 is 10.2 Å². The highest BCUT2D eigenvalue weighted by molar-refractivity contribution is 5.37. The molecule has 0 aromatic heterocycles. The summed E-state index contributed by atoms with van der Waals surface area (Å²) in [4.78, 5) is 5.05. The van der Waals surface area contributed by atoms with Gasteiger partial charge in [0.05, 0.1) is 0 Å². The number of likely N-dealkylation sites (tertiary alicyclic amines) is 1. The summed E-state index contributed by atoms with van der Waals surface area (Å²) < 4.78 is 0. The number of hydrogen-bond acceptors (Lipinski definition) is 5. The van der Waals surface area contributed by atoms with Crippen LogP contribution in [0.5, 0.6) is 11.5 Å². The molecular formula is C29H43N3O2. The van der Waals surface area contributed by atoms with Gasteiger partial charge in [0.15, 0.2) is 0 Å². The highest BCUT2D eigenvalue weighted by atomic mass is 16.3. The number of phenolic OH excluding ortho intramolecular Hbond substituents is 2. The lowest BCUT2D eigenvalue weighted by Gasteiger charge is -2.46. The molecule has 4 rings (SSSR count). The molecule has 5 nitrogen and oxygen atoms in total. The monoisotopic (exact) mass is 465 g/mol. The third-order valence-corrected chi connectivity index (χ3v) is 8.64. The molecule has 3 N–H and O–H groups in total. The van der Waals surface area contributed by atoms with Crippen molar-refractivity contribution in [3.05, 3.63) is 59.2 Å². The number of rotatable bonds is 7. The quantitative estimate of drug-likeness (QED) is 0.567. The molecule has 2 aliphatic heterocycles. The van der Waals surface area contributed by atoms with Crippen LogP contribution in [0.2, 0.25) is 0 Å². The van der Waals surface area contributed by atoms with Gasteiger partial charge in [-0.05, 0) is 84.6 Å². The van der Waals surface area contributed by atoms with E-state index in [2.05, 4.69) is 62.0 Å². The van der Waals surface area contributed by atoms with Crippen LogP contribution in [0.15, 0.2) is 42.5 Å². The molecule has 186 valence electrons. The van der Waals surface area contributed by atoms with E-state index in [1.165, 1.54) is 16.7 Å². The van der Waals surface area contributed by atoms with Crippen LogP contribution in [0.4, 0.5) is 0 Å². The summed E-state index contributed by atoms with van der Waals surface area (Å²) >= 11 is 0. The van der Waals surface area contributed by atoms with Crippen molar-refractivity contribution in [1.82, 2.24) is 15.1 Å². The van der Waals surface area contributed by atoms with Crippen LogP contribution in [0.1, 0.15) is 50.8 Å². The van der Waals surface area contributed by atoms with Gasteiger partial charge in [0, 0.05) is 38.3 Å². The highest BCUT2D eigenvalue weighted by Gasteiger charge is 2.38. The van der Waals surface area contributed by atoms with Crippen molar-refractivity contribution in [2.75, 3.05) is 33.2 Å². The Kier molecular flexibility index (Phi) is 7.56. The van der Waals surface area contributed by atoms with E-state index >= 15 is 0 Å². The normalized spacial score (nSPS) is 27.0. The molecule has 0 bridgehead atoms. The first-order chi connectivity index (χ1) is 16.2. The second-order valence-electron chi connectivity index (χ2n) is 11.4. The molecule has 4 unspecified atom stereocenters. The first-order valence-corrected chi connectivity index (χ1v) is 12.9. The number of aromatic hydroxyl groups is 2. The maximum atomic E-state index is 9.99. The Balaban J connectivity index is 1.35. The Morgan fingerprint density at radius 1 is 1.09 bits per heavy atom. The number of phenols is 2. The largest absolute Gasteiger partial charge is 0.508 e. The average Bonchev–Trinajstić information content (AvgIpc) is 2.79. The zero-order valence-electron chi connectivity index (χ0n) is 21.6. The Morgan fingerprint density at radius 3 is 2.56 bits per heavy atom. The molecule has 0 spiro atoms. The predicted octanol–water partition coefficient (Wildman–Crippen LogP) is 4.37. The van der Waals surface area contributed by atoms with Crippen LogP contribution in [0.25, 0.3) is 0 Å². The summed E-state index contributed by atoms with van der Waals surface area (Å²) in [5.74, 6) is 1.81. The third kappa shape index (κ3) is 5.42. The Bertz CT molecular complexity index is 978. The molecule has 0 saturated carbocycles. The summed E-state index contributed by atoms with van der Waals surface area (Å²) in [6, 6.07) is 14.6. The Labute approximate surface area is 205 Å². The number of piperidine rings is 1. The number of fused-ring (bicyclic) bond motifs is 1. The maximum Gasteiger partial charge on any atom is 0.115 e. The van der Waals surface area contributed by atoms with E-state index in [4.69, 9.17) is 0 Å². The molecule has 2 aliphatic rings. The lowest BCUT2D eigenvalue weighted by Crippen LogP contribution is -2.54. The lowest BCUT2D eigenvalue weighted by molar-refractivity contribution is 0.0933. The van der Waals surface area contributed by atoms with E-state index in [0.29, 0.717) is 35.4 Å². The first kappa shape index (κ1) is 25.0. The van der Waals surface area contributed by atoms with Gasteiger partial charge in [-0.15, -0.1) is 0 Å². The predicted molar refractivity (Wildman–Crippen MR) is 139 cm³/mol. The van der Waals surface area contributed by atoms with Crippen LogP contribution in [0, 0.1) is 11.8 Å². The van der Waals surface area contributed by atoms with Crippen molar-refractivity contribution in [3.8, 4) is 11.5 Å². The fourth-order valence-corrected chi connectivity index (χ4v) is 5.84. The van der Waals surface area contributed by atoms with E-state index in [9.17, 15) is 10.2 Å². The van der Waals surface area contributed by atoms with Gasteiger partial charge < -0.3 is 20.4 Å². The van der Waals surface area contributed by atoms with Crippen molar-refractivity contribution >= 4 is 0 Å². The number of benzene rings is 2. The average molecular weight is 466 g/mol. The highest BCUT2D eigenvalue weighted by Crippen LogP contribution is 2.40. The molecule has 0 radical (unpaired) electrons. The van der Waals surface area contributed by atoms with Gasteiger partial charge in [-0.3, -0.25) is 4.90 Å². The number of hydrogen-bond donors (Lipinski definition) is 3. The SMILES string of the molecule is CC(C)C(CN1CCC(C)(c2cccc(O)c2)C(C)C1)NCC1Cc2ccc(O)cc2CN1C. The maximum absolute atomic E-state index is 9.99. The van der Waals surface area contributed by atoms with Crippen molar-refractivity contribution in [2.45, 2.75) is 64.6 Å². The summed E-state index contributed by atoms with van der Waals surface area (Å²) in [5.41, 5.74) is 3.96. The molecule has 0 amide bonds. The minimum atomic E-state index is 0.0998. The Hall–Kier alpha value is -2.08. The summed E-state index contributed by atoms with van der Waals surface area (Å²) in [5, 5.41) is 23.7. The van der Waals surface area contributed by atoms with Gasteiger partial charge in [0.1, 0.15) is 11.5 Å². The fourth-order valence-electron chi connectivity index (χ4n) is 5.84. The molecule has 2 heterocycles. The smallest absolute Gasteiger partial charge is 0.115 e. The summed E-state index contributed by atoms with van der Waals surface area (Å²) in [7, 11) is 2.19. The van der Waals surface area contributed by atoms with Crippen LogP contribution in [-0.4, -0.2) is 65.3 Å².